The van der Waals surface area contributed by atoms with Crippen molar-refractivity contribution in [2.24, 2.45) is 7.05 Å². The van der Waals surface area contributed by atoms with Gasteiger partial charge in [-0.05, 0) is 76.1 Å². The number of halogens is 1. The van der Waals surface area contributed by atoms with Gasteiger partial charge in [0, 0.05) is 63.0 Å². The Morgan fingerprint density at radius 1 is 0.947 bits per heavy atom. The third-order valence-electron chi connectivity index (χ3n) is 11.1. The van der Waals surface area contributed by atoms with Gasteiger partial charge in [0.15, 0.2) is 0 Å². The molecule has 2 amide bonds. The van der Waals surface area contributed by atoms with Crippen molar-refractivity contribution in [2.45, 2.75) is 114 Å². The van der Waals surface area contributed by atoms with E-state index in [2.05, 4.69) is 25.7 Å². The Morgan fingerprint density at radius 2 is 1.68 bits per heavy atom. The van der Waals surface area contributed by atoms with Gasteiger partial charge in [-0.25, -0.2) is 18.2 Å². The molecule has 2 N–H and O–H groups in total. The second kappa shape index (κ2) is 16.9. The molecule has 2 fully saturated rings. The van der Waals surface area contributed by atoms with Crippen LogP contribution in [0, 0.1) is 0 Å². The van der Waals surface area contributed by atoms with Crippen LogP contribution in [0.3, 0.4) is 0 Å². The number of piperidine rings is 2. The number of pyridine rings is 1. The maximum absolute atomic E-state index is 13.5. The van der Waals surface area contributed by atoms with Gasteiger partial charge in [0.05, 0.1) is 17.2 Å². The number of benzene rings is 1. The van der Waals surface area contributed by atoms with E-state index in [0.717, 1.165) is 56.0 Å². The molecule has 0 spiro atoms. The highest BCUT2D eigenvalue weighted by Crippen LogP contribution is 2.26. The van der Waals surface area contributed by atoms with E-state index in [1.54, 1.807) is 39.3 Å². The summed E-state index contributed by atoms with van der Waals surface area (Å²) in [6.07, 6.45) is 13.4. The fourth-order valence-electron chi connectivity index (χ4n) is 7.91. The molecule has 0 aliphatic carbocycles. The van der Waals surface area contributed by atoms with Crippen molar-refractivity contribution in [1.82, 2.24) is 43.1 Å². The van der Waals surface area contributed by atoms with Crippen molar-refractivity contribution in [1.29, 1.82) is 0 Å². The van der Waals surface area contributed by atoms with Crippen LogP contribution >= 0.6 is 11.6 Å². The summed E-state index contributed by atoms with van der Waals surface area (Å²) in [5.74, 6) is -0.365. The lowest BCUT2D eigenvalue weighted by molar-refractivity contribution is -0.135. The van der Waals surface area contributed by atoms with Crippen molar-refractivity contribution in [3.8, 4) is 0 Å². The Labute approximate surface area is 335 Å². The first kappa shape index (κ1) is 40.3. The Kier molecular flexibility index (Phi) is 12.0. The zero-order chi connectivity index (χ0) is 40.4. The average Bonchev–Trinajstić information content (AvgIpc) is 3.76. The molecule has 1 aromatic carbocycles. The van der Waals surface area contributed by atoms with Crippen LogP contribution in [0.2, 0.25) is 5.02 Å². The molecule has 1 unspecified atom stereocenters. The minimum atomic E-state index is -3.69. The SMILES string of the molecule is CC(C)n1c(=O)c(Cl)cc2cnc(NC3CCN(S(=O)(=O)c4cnn(CCCCCCCCc5ccc6c(c5)n(C)c(=O)n6C5CCC(=O)NC5=O)c4)CC3)nc21. The number of amides is 2. The van der Waals surface area contributed by atoms with Crippen molar-refractivity contribution in [3.63, 3.8) is 0 Å². The average molecular weight is 821 g/mol. The van der Waals surface area contributed by atoms with Crippen molar-refractivity contribution >= 4 is 61.5 Å². The summed E-state index contributed by atoms with van der Waals surface area (Å²) in [6, 6.07) is 6.63. The normalized spacial score (nSPS) is 17.2. The second-order valence-corrected chi connectivity index (χ2v) is 17.7. The molecule has 0 saturated carbocycles. The maximum Gasteiger partial charge on any atom is 0.329 e. The van der Waals surface area contributed by atoms with E-state index < -0.39 is 22.0 Å². The number of unbranched alkanes of at least 4 members (excludes halogenated alkanes) is 5. The maximum atomic E-state index is 13.5. The minimum absolute atomic E-state index is 0.0314. The lowest BCUT2D eigenvalue weighted by atomic mass is 10.0. The van der Waals surface area contributed by atoms with Gasteiger partial charge in [-0.3, -0.25) is 38.1 Å². The predicted octanol–water partition coefficient (Wildman–Crippen LogP) is 4.70. The number of imidazole rings is 1. The minimum Gasteiger partial charge on any atom is -0.351 e. The standard InChI is InChI=1S/C39H49ClN10O6S/c1-25(2)49-35-27(21-30(40)37(49)53)22-41-38(45-35)43-28-15-18-48(19-16-28)57(55,56)29-23-42-47(24-29)17-9-7-5-4-6-8-10-26-11-12-31-33(20-26)46(3)39(54)50(31)32-13-14-34(51)44-36(32)52/h11-12,20-25,28,32H,4-10,13-19H2,1-3H3,(H,41,43,45)(H,44,51,52). The van der Waals surface area contributed by atoms with Crippen LogP contribution in [-0.4, -0.2) is 77.1 Å². The molecular formula is C39H49ClN10O6S. The Hall–Kier alpha value is -4.87. The van der Waals surface area contributed by atoms with E-state index in [9.17, 15) is 27.6 Å². The molecule has 0 bridgehead atoms. The van der Waals surface area contributed by atoms with E-state index in [-0.39, 0.29) is 45.6 Å². The van der Waals surface area contributed by atoms with E-state index in [1.165, 1.54) is 15.1 Å². The molecule has 2 aliphatic rings. The van der Waals surface area contributed by atoms with E-state index in [0.29, 0.717) is 61.4 Å². The smallest absolute Gasteiger partial charge is 0.329 e. The molecule has 16 nitrogen and oxygen atoms in total. The molecule has 18 heteroatoms. The predicted molar refractivity (Wildman–Crippen MR) is 217 cm³/mol. The summed E-state index contributed by atoms with van der Waals surface area (Å²) in [5, 5.41) is 10.8. The monoisotopic (exact) mass is 820 g/mol. The lowest BCUT2D eigenvalue weighted by Gasteiger charge is -2.31. The number of aromatic nitrogens is 7. The van der Waals surface area contributed by atoms with Gasteiger partial charge in [-0.15, -0.1) is 0 Å². The molecule has 2 saturated heterocycles. The zero-order valence-corrected chi connectivity index (χ0v) is 34.1. The third-order valence-corrected chi connectivity index (χ3v) is 13.2. The summed E-state index contributed by atoms with van der Waals surface area (Å²) in [7, 11) is -1.98. The lowest BCUT2D eigenvalue weighted by Crippen LogP contribution is -2.44. The zero-order valence-electron chi connectivity index (χ0n) is 32.5. The molecule has 0 radical (unpaired) electrons. The number of anilines is 1. The summed E-state index contributed by atoms with van der Waals surface area (Å²) in [5.41, 5.74) is 2.52. The number of nitrogens with one attached hydrogen (secondary N) is 2. The number of hydrogen-bond acceptors (Lipinski definition) is 10. The topological polar surface area (TPSA) is 188 Å². The van der Waals surface area contributed by atoms with Gasteiger partial charge in [0.25, 0.3) is 5.56 Å². The highest BCUT2D eigenvalue weighted by Gasteiger charge is 2.32. The van der Waals surface area contributed by atoms with Gasteiger partial charge < -0.3 is 5.32 Å². The number of carbonyl (C=O) groups excluding carboxylic acids is 2. The Morgan fingerprint density at radius 3 is 2.42 bits per heavy atom. The first-order valence-corrected chi connectivity index (χ1v) is 21.5. The van der Waals surface area contributed by atoms with Crippen LogP contribution < -0.4 is 21.9 Å². The van der Waals surface area contributed by atoms with Crippen molar-refractivity contribution in [2.75, 3.05) is 18.4 Å². The fraction of sp³-hybridized carbons (Fsp3) is 0.513. The Bertz CT molecular complexity index is 2530. The van der Waals surface area contributed by atoms with Gasteiger partial charge in [-0.1, -0.05) is 43.4 Å². The van der Waals surface area contributed by atoms with Crippen LogP contribution in [0.4, 0.5) is 5.95 Å². The molecule has 4 aromatic heterocycles. The van der Waals surface area contributed by atoms with Crippen LogP contribution in [0.25, 0.3) is 22.1 Å². The number of nitrogens with zero attached hydrogens (tertiary/aromatic N) is 8. The fourth-order valence-corrected chi connectivity index (χ4v) is 9.55. The summed E-state index contributed by atoms with van der Waals surface area (Å²) < 4.78 is 34.8. The number of sulfonamides is 1. The van der Waals surface area contributed by atoms with Crippen molar-refractivity contribution < 1.29 is 18.0 Å². The van der Waals surface area contributed by atoms with E-state index in [4.69, 9.17) is 11.6 Å². The highest BCUT2D eigenvalue weighted by molar-refractivity contribution is 7.89. The largest absolute Gasteiger partial charge is 0.351 e. The molecule has 2 aliphatic heterocycles. The first-order valence-electron chi connectivity index (χ1n) is 19.7. The molecule has 1 atom stereocenters. The van der Waals surface area contributed by atoms with Crippen molar-refractivity contribution in [3.05, 3.63) is 74.3 Å². The number of imide groups is 1. The summed E-state index contributed by atoms with van der Waals surface area (Å²) in [4.78, 5) is 59.0. The van der Waals surface area contributed by atoms with E-state index in [1.807, 2.05) is 32.0 Å². The highest BCUT2D eigenvalue weighted by atomic mass is 35.5. The third kappa shape index (κ3) is 8.55. The number of aryl methyl sites for hydroxylation is 3. The van der Waals surface area contributed by atoms with Gasteiger partial charge >= 0.3 is 5.69 Å². The number of carbonyl (C=O) groups is 2. The number of fused-ring (bicyclic) bond motifs is 2. The second-order valence-electron chi connectivity index (χ2n) is 15.4. The van der Waals surface area contributed by atoms with Gasteiger partial charge in [0.1, 0.15) is 21.6 Å². The van der Waals surface area contributed by atoms with E-state index >= 15 is 0 Å². The van der Waals surface area contributed by atoms with Crippen LogP contribution in [0.1, 0.15) is 95.7 Å². The van der Waals surface area contributed by atoms with Crippen LogP contribution in [0.5, 0.6) is 0 Å². The Balaban J connectivity index is 0.825. The summed E-state index contributed by atoms with van der Waals surface area (Å²) >= 11 is 6.15. The molecule has 57 heavy (non-hydrogen) atoms. The molecular weight excluding hydrogens is 772 g/mol. The summed E-state index contributed by atoms with van der Waals surface area (Å²) in [6.45, 7) is 5.12. The number of hydrogen-bond donors (Lipinski definition) is 2. The molecule has 7 rings (SSSR count). The van der Waals surface area contributed by atoms with Crippen LogP contribution in [-0.2, 0) is 39.6 Å². The van der Waals surface area contributed by atoms with Crippen LogP contribution in [0.15, 0.2) is 57.3 Å². The van der Waals surface area contributed by atoms with Gasteiger partial charge in [0.2, 0.25) is 27.8 Å². The molecule has 5 aromatic rings. The molecule has 304 valence electrons. The number of rotatable bonds is 15. The quantitative estimate of drug-likeness (QED) is 0.111. The molecule has 6 heterocycles. The van der Waals surface area contributed by atoms with Gasteiger partial charge in [-0.2, -0.15) is 14.4 Å². The first-order chi connectivity index (χ1) is 27.3.